The minimum atomic E-state index is -0.0128. The first-order valence-corrected chi connectivity index (χ1v) is 10.6. The molecule has 2 aliphatic carbocycles. The summed E-state index contributed by atoms with van der Waals surface area (Å²) in [5, 5.41) is 3.73. The van der Waals surface area contributed by atoms with E-state index < -0.39 is 0 Å². The Bertz CT molecular complexity index is 643. The number of rotatable bonds is 4. The second-order valence-corrected chi connectivity index (χ2v) is 8.10. The lowest BCUT2D eigenvalue weighted by Gasteiger charge is -2.36. The van der Waals surface area contributed by atoms with Crippen LogP contribution in [0.15, 0.2) is 27.8 Å². The number of hydrogen-bond donors (Lipinski definition) is 1. The summed E-state index contributed by atoms with van der Waals surface area (Å²) in [5.41, 5.74) is 0. The predicted molar refractivity (Wildman–Crippen MR) is 106 cm³/mol. The van der Waals surface area contributed by atoms with E-state index in [1.807, 2.05) is 4.90 Å². The first-order chi connectivity index (χ1) is 13.3. The van der Waals surface area contributed by atoms with Crippen molar-refractivity contribution in [1.29, 1.82) is 0 Å². The van der Waals surface area contributed by atoms with Gasteiger partial charge in [-0.25, -0.2) is 0 Å². The minimum absolute atomic E-state index is 0.0128. The zero-order chi connectivity index (χ0) is 18.6. The van der Waals surface area contributed by atoms with Crippen LogP contribution in [0, 0.1) is 11.8 Å². The number of amides is 1. The Hall–Kier alpha value is -1.98. The minimum Gasteiger partial charge on any atom is -0.459 e. The van der Waals surface area contributed by atoms with Crippen molar-refractivity contribution in [1.82, 2.24) is 15.1 Å². The van der Waals surface area contributed by atoms with Gasteiger partial charge in [0.25, 0.3) is 5.91 Å². The van der Waals surface area contributed by atoms with Crippen molar-refractivity contribution in [3.8, 4) is 0 Å². The molecule has 148 valence electrons. The number of carbonyl (C=O) groups is 1. The SMILES string of the molecule is CCN=C(NC1CC1C1CCCCC1)N1CCN(C(=O)c2ccco2)CC1. The number of hydrogen-bond acceptors (Lipinski definition) is 3. The zero-order valence-electron chi connectivity index (χ0n) is 16.4. The Morgan fingerprint density at radius 1 is 1.19 bits per heavy atom. The highest BCUT2D eigenvalue weighted by molar-refractivity contribution is 5.91. The maximum atomic E-state index is 12.4. The van der Waals surface area contributed by atoms with Gasteiger partial charge in [-0.1, -0.05) is 32.1 Å². The Kier molecular flexibility index (Phi) is 5.69. The fraction of sp³-hybridized carbons (Fsp3) is 0.714. The third kappa shape index (κ3) is 4.30. The lowest BCUT2D eigenvalue weighted by molar-refractivity contribution is 0.0657. The van der Waals surface area contributed by atoms with Gasteiger partial charge in [-0.05, 0) is 37.3 Å². The highest BCUT2D eigenvalue weighted by Gasteiger charge is 2.44. The fourth-order valence-corrected chi connectivity index (χ4v) is 4.69. The van der Waals surface area contributed by atoms with Crippen LogP contribution in [0.3, 0.4) is 0 Å². The van der Waals surface area contributed by atoms with Gasteiger partial charge >= 0.3 is 0 Å². The number of nitrogens with one attached hydrogen (secondary N) is 1. The molecule has 2 unspecified atom stereocenters. The molecule has 1 amide bonds. The molecule has 1 saturated heterocycles. The molecule has 6 nitrogen and oxygen atoms in total. The van der Waals surface area contributed by atoms with Gasteiger partial charge in [-0.3, -0.25) is 9.79 Å². The third-order valence-electron chi connectivity index (χ3n) is 6.32. The second-order valence-electron chi connectivity index (χ2n) is 8.10. The van der Waals surface area contributed by atoms with Gasteiger partial charge in [0, 0.05) is 38.8 Å². The van der Waals surface area contributed by atoms with E-state index in [0.717, 1.165) is 37.4 Å². The van der Waals surface area contributed by atoms with Crippen molar-refractivity contribution in [3.63, 3.8) is 0 Å². The fourth-order valence-electron chi connectivity index (χ4n) is 4.69. The Morgan fingerprint density at radius 3 is 2.59 bits per heavy atom. The highest BCUT2D eigenvalue weighted by atomic mass is 16.3. The summed E-state index contributed by atoms with van der Waals surface area (Å²) in [6.45, 7) is 5.93. The van der Waals surface area contributed by atoms with Crippen LogP contribution < -0.4 is 5.32 Å². The van der Waals surface area contributed by atoms with E-state index in [2.05, 4.69) is 17.1 Å². The van der Waals surface area contributed by atoms with Crippen LogP contribution in [0.1, 0.15) is 56.0 Å². The van der Waals surface area contributed by atoms with E-state index in [0.29, 0.717) is 24.9 Å². The van der Waals surface area contributed by atoms with Crippen molar-refractivity contribution in [3.05, 3.63) is 24.2 Å². The van der Waals surface area contributed by atoms with Crippen molar-refractivity contribution in [2.45, 2.75) is 51.5 Å². The van der Waals surface area contributed by atoms with Crippen LogP contribution >= 0.6 is 0 Å². The molecule has 3 aliphatic rings. The number of aliphatic imine (C=N–C) groups is 1. The molecule has 0 aromatic carbocycles. The quantitative estimate of drug-likeness (QED) is 0.652. The van der Waals surface area contributed by atoms with Crippen molar-refractivity contribution in [2.24, 2.45) is 16.8 Å². The molecule has 2 atom stereocenters. The summed E-state index contributed by atoms with van der Waals surface area (Å²) in [6, 6.07) is 4.09. The molecule has 1 N–H and O–H groups in total. The molecule has 1 aromatic rings. The van der Waals surface area contributed by atoms with Gasteiger partial charge in [-0.15, -0.1) is 0 Å². The molecule has 3 fully saturated rings. The zero-order valence-corrected chi connectivity index (χ0v) is 16.4. The van der Waals surface area contributed by atoms with Gasteiger partial charge in [0.15, 0.2) is 11.7 Å². The number of carbonyl (C=O) groups excluding carboxylic acids is 1. The first kappa shape index (κ1) is 18.4. The van der Waals surface area contributed by atoms with Gasteiger partial charge in [0.1, 0.15) is 0 Å². The summed E-state index contributed by atoms with van der Waals surface area (Å²) < 4.78 is 5.25. The van der Waals surface area contributed by atoms with Crippen LogP contribution in [0.4, 0.5) is 0 Å². The molecule has 2 heterocycles. The largest absolute Gasteiger partial charge is 0.459 e. The van der Waals surface area contributed by atoms with E-state index in [9.17, 15) is 4.79 Å². The first-order valence-electron chi connectivity index (χ1n) is 10.6. The molecule has 27 heavy (non-hydrogen) atoms. The molecular weight excluding hydrogens is 340 g/mol. The summed E-state index contributed by atoms with van der Waals surface area (Å²) >= 11 is 0. The summed E-state index contributed by atoms with van der Waals surface area (Å²) in [4.78, 5) is 21.4. The number of furan rings is 1. The summed E-state index contributed by atoms with van der Waals surface area (Å²) in [5.74, 6) is 3.21. The van der Waals surface area contributed by atoms with Gasteiger partial charge in [-0.2, -0.15) is 0 Å². The van der Waals surface area contributed by atoms with Gasteiger partial charge in [0.05, 0.1) is 6.26 Å². The second kappa shape index (κ2) is 8.36. The monoisotopic (exact) mass is 372 g/mol. The highest BCUT2D eigenvalue weighted by Crippen LogP contribution is 2.44. The summed E-state index contributed by atoms with van der Waals surface area (Å²) in [7, 11) is 0. The molecule has 4 rings (SSSR count). The normalized spacial score (nSPS) is 26.9. The van der Waals surface area contributed by atoms with Gasteiger partial charge < -0.3 is 19.5 Å². The maximum Gasteiger partial charge on any atom is 0.289 e. The van der Waals surface area contributed by atoms with Crippen molar-refractivity contribution in [2.75, 3.05) is 32.7 Å². The van der Waals surface area contributed by atoms with Crippen LogP contribution in [-0.4, -0.2) is 60.4 Å². The molecule has 0 bridgehead atoms. The van der Waals surface area contributed by atoms with Gasteiger partial charge in [0.2, 0.25) is 0 Å². The molecule has 0 spiro atoms. The van der Waals surface area contributed by atoms with Crippen molar-refractivity contribution >= 4 is 11.9 Å². The maximum absolute atomic E-state index is 12.4. The topological polar surface area (TPSA) is 61.1 Å². The Morgan fingerprint density at radius 2 is 1.93 bits per heavy atom. The van der Waals surface area contributed by atoms with Crippen LogP contribution in [-0.2, 0) is 0 Å². The van der Waals surface area contributed by atoms with E-state index >= 15 is 0 Å². The summed E-state index contributed by atoms with van der Waals surface area (Å²) in [6.07, 6.45) is 9.92. The van der Waals surface area contributed by atoms with Crippen LogP contribution in [0.5, 0.6) is 0 Å². The molecule has 6 heteroatoms. The number of guanidine groups is 1. The number of piperazine rings is 1. The van der Waals surface area contributed by atoms with E-state index in [1.54, 1.807) is 18.4 Å². The van der Waals surface area contributed by atoms with E-state index in [1.165, 1.54) is 38.5 Å². The van der Waals surface area contributed by atoms with Crippen LogP contribution in [0.25, 0.3) is 0 Å². The average molecular weight is 373 g/mol. The van der Waals surface area contributed by atoms with Crippen LogP contribution in [0.2, 0.25) is 0 Å². The van der Waals surface area contributed by atoms with Crippen molar-refractivity contribution < 1.29 is 9.21 Å². The molecule has 1 aliphatic heterocycles. The molecule has 0 radical (unpaired) electrons. The average Bonchev–Trinajstić information content (AvgIpc) is 3.26. The van der Waals surface area contributed by atoms with E-state index in [-0.39, 0.29) is 5.91 Å². The Balaban J connectivity index is 1.29. The standard InChI is InChI=1S/C21H32N4O2/c1-2-22-21(23-18-15-17(18)16-7-4-3-5-8-16)25-12-10-24(11-13-25)20(26)19-9-6-14-27-19/h6,9,14,16-18H,2-5,7-8,10-13,15H2,1H3,(H,22,23). The molecular formula is C21H32N4O2. The lowest BCUT2D eigenvalue weighted by atomic mass is 9.85. The lowest BCUT2D eigenvalue weighted by Crippen LogP contribution is -2.54. The predicted octanol–water partition coefficient (Wildman–Crippen LogP) is 2.97. The smallest absolute Gasteiger partial charge is 0.289 e. The molecule has 1 aromatic heterocycles. The molecule has 2 saturated carbocycles. The number of nitrogens with zero attached hydrogens (tertiary/aromatic N) is 3. The Labute approximate surface area is 162 Å². The van der Waals surface area contributed by atoms with E-state index in [4.69, 9.17) is 9.41 Å². The third-order valence-corrected chi connectivity index (χ3v) is 6.32.